The first kappa shape index (κ1) is 14.0. The number of rotatable bonds is 3. The molecule has 0 saturated heterocycles. The van der Waals surface area contributed by atoms with Crippen LogP contribution in [0.4, 0.5) is 5.69 Å². The number of nitrogens with zero attached hydrogens (tertiary/aromatic N) is 1. The highest BCUT2D eigenvalue weighted by molar-refractivity contribution is 6.31. The van der Waals surface area contributed by atoms with Gasteiger partial charge in [0.1, 0.15) is 0 Å². The van der Waals surface area contributed by atoms with Crippen molar-refractivity contribution in [3.05, 3.63) is 28.8 Å². The maximum Gasteiger partial charge on any atom is 0.231 e. The van der Waals surface area contributed by atoms with Crippen LogP contribution in [0, 0.1) is 12.8 Å². The zero-order valence-corrected chi connectivity index (χ0v) is 11.5. The number of benzene rings is 1. The van der Waals surface area contributed by atoms with Gasteiger partial charge in [-0.3, -0.25) is 4.79 Å². The van der Waals surface area contributed by atoms with E-state index in [0.717, 1.165) is 11.3 Å². The highest BCUT2D eigenvalue weighted by Crippen LogP contribution is 2.23. The van der Waals surface area contributed by atoms with E-state index in [1.165, 1.54) is 0 Å². The molecule has 0 fully saturated rings. The van der Waals surface area contributed by atoms with Crippen molar-refractivity contribution in [2.75, 3.05) is 11.9 Å². The van der Waals surface area contributed by atoms with Crippen molar-refractivity contribution in [1.82, 2.24) is 0 Å². The van der Waals surface area contributed by atoms with Gasteiger partial charge in [-0.25, -0.2) is 0 Å². The van der Waals surface area contributed by atoms with E-state index < -0.39 is 0 Å². The molecule has 0 bridgehead atoms. The molecule has 0 aliphatic rings. The van der Waals surface area contributed by atoms with Crippen molar-refractivity contribution < 1.29 is 4.79 Å². The van der Waals surface area contributed by atoms with Crippen LogP contribution in [0.3, 0.4) is 0 Å². The van der Waals surface area contributed by atoms with Gasteiger partial charge in [0.25, 0.3) is 0 Å². The largest absolute Gasteiger partial charge is 0.327 e. The van der Waals surface area contributed by atoms with Gasteiger partial charge in [0, 0.05) is 23.8 Å². The van der Waals surface area contributed by atoms with Gasteiger partial charge in [0.2, 0.25) is 5.91 Å². The Kier molecular flexibility index (Phi) is 4.54. The maximum absolute atomic E-state index is 12.1. The maximum atomic E-state index is 12.1. The molecule has 2 N–H and O–H groups in total. The van der Waals surface area contributed by atoms with Crippen molar-refractivity contribution in [3.63, 3.8) is 0 Å². The fourth-order valence-electron chi connectivity index (χ4n) is 1.45. The van der Waals surface area contributed by atoms with Gasteiger partial charge < -0.3 is 10.6 Å². The molecule has 1 rings (SSSR count). The van der Waals surface area contributed by atoms with Crippen molar-refractivity contribution >= 4 is 23.2 Å². The number of anilines is 1. The number of amides is 1. The Bertz CT molecular complexity index is 418. The van der Waals surface area contributed by atoms with Crippen LogP contribution in [0.1, 0.15) is 19.4 Å². The Morgan fingerprint density at radius 1 is 1.41 bits per heavy atom. The Morgan fingerprint density at radius 3 is 2.47 bits per heavy atom. The Morgan fingerprint density at radius 2 is 2.00 bits per heavy atom. The summed E-state index contributed by atoms with van der Waals surface area (Å²) in [7, 11) is 1.74. The van der Waals surface area contributed by atoms with Gasteiger partial charge in [0.05, 0.1) is 5.92 Å². The molecule has 1 aromatic carbocycles. The molecule has 94 valence electrons. The predicted molar refractivity (Wildman–Crippen MR) is 72.4 cm³/mol. The summed E-state index contributed by atoms with van der Waals surface area (Å²) in [5, 5.41) is 0.663. The van der Waals surface area contributed by atoms with Crippen LogP contribution in [0.2, 0.25) is 5.02 Å². The fourth-order valence-corrected chi connectivity index (χ4v) is 1.62. The van der Waals surface area contributed by atoms with Gasteiger partial charge in [-0.15, -0.1) is 0 Å². The van der Waals surface area contributed by atoms with E-state index in [2.05, 4.69) is 0 Å². The number of aryl methyl sites for hydroxylation is 1. The van der Waals surface area contributed by atoms with Crippen molar-refractivity contribution in [2.24, 2.45) is 11.7 Å². The lowest BCUT2D eigenvalue weighted by molar-refractivity contribution is -0.122. The average molecular weight is 255 g/mol. The predicted octanol–water partition coefficient (Wildman–Crippen LogP) is 2.59. The number of hydrogen-bond donors (Lipinski definition) is 1. The van der Waals surface area contributed by atoms with Gasteiger partial charge in [-0.2, -0.15) is 0 Å². The molecule has 4 heteroatoms. The molecule has 0 spiro atoms. The minimum Gasteiger partial charge on any atom is -0.327 e. The van der Waals surface area contributed by atoms with Crippen LogP contribution in [0.25, 0.3) is 0 Å². The van der Waals surface area contributed by atoms with E-state index in [4.69, 9.17) is 17.3 Å². The van der Waals surface area contributed by atoms with Gasteiger partial charge in [-0.05, 0) is 31.5 Å². The summed E-state index contributed by atoms with van der Waals surface area (Å²) in [6, 6.07) is 5.42. The molecule has 0 radical (unpaired) electrons. The Hall–Kier alpha value is -1.06. The zero-order chi connectivity index (χ0) is 13.2. The van der Waals surface area contributed by atoms with Gasteiger partial charge in [0.15, 0.2) is 0 Å². The fraction of sp³-hybridized carbons (Fsp3) is 0.462. The normalized spacial score (nSPS) is 14.2. The lowest BCUT2D eigenvalue weighted by Crippen LogP contribution is -2.39. The lowest BCUT2D eigenvalue weighted by Gasteiger charge is -2.23. The molecule has 2 atom stereocenters. The Balaban J connectivity index is 2.92. The molecule has 1 amide bonds. The quantitative estimate of drug-likeness (QED) is 0.901. The molecule has 0 saturated carbocycles. The summed E-state index contributed by atoms with van der Waals surface area (Å²) in [6.07, 6.45) is 0. The van der Waals surface area contributed by atoms with Crippen molar-refractivity contribution in [2.45, 2.75) is 26.8 Å². The summed E-state index contributed by atoms with van der Waals surface area (Å²) in [4.78, 5) is 13.7. The van der Waals surface area contributed by atoms with Crippen LogP contribution in [0.15, 0.2) is 18.2 Å². The smallest absolute Gasteiger partial charge is 0.231 e. The summed E-state index contributed by atoms with van der Waals surface area (Å²) < 4.78 is 0. The molecule has 17 heavy (non-hydrogen) atoms. The second kappa shape index (κ2) is 5.52. The van der Waals surface area contributed by atoms with Crippen LogP contribution >= 0.6 is 11.6 Å². The molecular weight excluding hydrogens is 236 g/mol. The number of hydrogen-bond acceptors (Lipinski definition) is 2. The molecule has 0 heterocycles. The van der Waals surface area contributed by atoms with E-state index in [1.807, 2.05) is 32.9 Å². The van der Waals surface area contributed by atoms with Crippen LogP contribution in [0.5, 0.6) is 0 Å². The highest BCUT2D eigenvalue weighted by Gasteiger charge is 2.21. The zero-order valence-electron chi connectivity index (χ0n) is 10.7. The van der Waals surface area contributed by atoms with Crippen LogP contribution in [-0.2, 0) is 4.79 Å². The summed E-state index contributed by atoms with van der Waals surface area (Å²) in [5.41, 5.74) is 7.52. The second-order valence-electron chi connectivity index (χ2n) is 4.48. The monoisotopic (exact) mass is 254 g/mol. The van der Waals surface area contributed by atoms with E-state index >= 15 is 0 Å². The number of carbonyl (C=O) groups is 1. The first-order valence-electron chi connectivity index (χ1n) is 5.64. The first-order valence-corrected chi connectivity index (χ1v) is 6.01. The summed E-state index contributed by atoms with van der Waals surface area (Å²) in [6.45, 7) is 5.59. The highest BCUT2D eigenvalue weighted by atomic mass is 35.5. The lowest BCUT2D eigenvalue weighted by atomic mass is 10.0. The topological polar surface area (TPSA) is 46.3 Å². The SMILES string of the molecule is Cc1ccc(N(C)C(=O)C(C)C(C)N)cc1Cl. The van der Waals surface area contributed by atoms with E-state index in [1.54, 1.807) is 18.0 Å². The molecule has 0 aromatic heterocycles. The number of halogens is 1. The minimum atomic E-state index is -0.208. The molecule has 0 aliphatic carbocycles. The van der Waals surface area contributed by atoms with Crippen molar-refractivity contribution in [1.29, 1.82) is 0 Å². The molecule has 2 unspecified atom stereocenters. The van der Waals surface area contributed by atoms with E-state index in [0.29, 0.717) is 5.02 Å². The van der Waals surface area contributed by atoms with Crippen LogP contribution < -0.4 is 10.6 Å². The first-order chi connectivity index (χ1) is 7.84. The third-order valence-corrected chi connectivity index (χ3v) is 3.46. The Labute approximate surface area is 108 Å². The molecular formula is C13H19ClN2O. The minimum absolute atomic E-state index is 0.0000743. The van der Waals surface area contributed by atoms with Crippen molar-refractivity contribution in [3.8, 4) is 0 Å². The second-order valence-corrected chi connectivity index (χ2v) is 4.89. The van der Waals surface area contributed by atoms with E-state index in [-0.39, 0.29) is 17.9 Å². The molecule has 0 aliphatic heterocycles. The summed E-state index contributed by atoms with van der Waals surface area (Å²) >= 11 is 6.04. The van der Waals surface area contributed by atoms with Gasteiger partial charge in [-0.1, -0.05) is 24.6 Å². The molecule has 3 nitrogen and oxygen atoms in total. The number of carbonyl (C=O) groups excluding carboxylic acids is 1. The average Bonchev–Trinajstić information content (AvgIpc) is 2.29. The third-order valence-electron chi connectivity index (χ3n) is 3.05. The van der Waals surface area contributed by atoms with Crippen LogP contribution in [-0.4, -0.2) is 19.0 Å². The van der Waals surface area contributed by atoms with E-state index in [9.17, 15) is 4.79 Å². The summed E-state index contributed by atoms with van der Waals surface area (Å²) in [5.74, 6) is -0.208. The molecule has 1 aromatic rings. The number of nitrogens with two attached hydrogens (primary N) is 1. The standard InChI is InChI=1S/C13H19ClN2O/c1-8-5-6-11(7-12(8)14)16(4)13(17)9(2)10(3)15/h5-7,9-10H,15H2,1-4H3. The van der Waals surface area contributed by atoms with Gasteiger partial charge >= 0.3 is 0 Å². The third kappa shape index (κ3) is 3.20.